The summed E-state index contributed by atoms with van der Waals surface area (Å²) in [4.78, 5) is 17.0. The van der Waals surface area contributed by atoms with Crippen molar-refractivity contribution in [2.75, 3.05) is 33.2 Å². The lowest BCUT2D eigenvalue weighted by atomic mass is 9.97. The zero-order valence-electron chi connectivity index (χ0n) is 11.3. The molecule has 2 aliphatic heterocycles. The highest BCUT2D eigenvalue weighted by Gasteiger charge is 2.40. The number of hydrogen-bond acceptors (Lipinski definition) is 3. The molecule has 0 radical (unpaired) electrons. The number of hydrogen-bond donors (Lipinski definition) is 1. The van der Waals surface area contributed by atoms with Crippen molar-refractivity contribution in [2.24, 2.45) is 0 Å². The lowest BCUT2D eigenvalue weighted by molar-refractivity contribution is -0.139. The molecule has 4 heteroatoms. The van der Waals surface area contributed by atoms with Crippen molar-refractivity contribution in [3.8, 4) is 0 Å². The minimum absolute atomic E-state index is 0.304. The van der Waals surface area contributed by atoms with Crippen LogP contribution in [-0.2, 0) is 4.79 Å². The van der Waals surface area contributed by atoms with Gasteiger partial charge < -0.3 is 15.1 Å². The summed E-state index contributed by atoms with van der Waals surface area (Å²) in [5.74, 6) is 0.304. The third-order valence-electron chi connectivity index (χ3n) is 4.15. The first-order chi connectivity index (χ1) is 8.03. The summed E-state index contributed by atoms with van der Waals surface area (Å²) in [6.45, 7) is 8.19. The van der Waals surface area contributed by atoms with E-state index < -0.39 is 0 Å². The van der Waals surface area contributed by atoms with Crippen molar-refractivity contribution in [1.82, 2.24) is 15.1 Å². The van der Waals surface area contributed by atoms with Crippen molar-refractivity contribution in [3.05, 3.63) is 0 Å². The molecule has 98 valence electrons. The quantitative estimate of drug-likeness (QED) is 0.731. The number of likely N-dealkylation sites (N-methyl/N-ethyl adjacent to an activating group) is 1. The largest absolute Gasteiger partial charge is 0.337 e. The zero-order chi connectivity index (χ0) is 12.5. The molecule has 0 aliphatic carbocycles. The van der Waals surface area contributed by atoms with Gasteiger partial charge in [-0.1, -0.05) is 0 Å². The summed E-state index contributed by atoms with van der Waals surface area (Å²) in [7, 11) is 2.14. The average molecular weight is 239 g/mol. The molecule has 2 saturated heterocycles. The Balaban J connectivity index is 2.07. The van der Waals surface area contributed by atoms with E-state index in [1.54, 1.807) is 0 Å². The van der Waals surface area contributed by atoms with E-state index in [0.717, 1.165) is 45.4 Å². The van der Waals surface area contributed by atoms with Crippen LogP contribution in [0.25, 0.3) is 0 Å². The fourth-order valence-electron chi connectivity index (χ4n) is 3.07. The topological polar surface area (TPSA) is 35.6 Å². The van der Waals surface area contributed by atoms with Crippen LogP contribution in [0.1, 0.15) is 33.1 Å². The van der Waals surface area contributed by atoms with E-state index in [2.05, 4.69) is 36.0 Å². The number of nitrogens with one attached hydrogen (secondary N) is 1. The van der Waals surface area contributed by atoms with E-state index in [1.807, 2.05) is 0 Å². The number of carbonyl (C=O) groups is 1. The van der Waals surface area contributed by atoms with Crippen LogP contribution in [0.15, 0.2) is 0 Å². The maximum Gasteiger partial charge on any atom is 0.242 e. The highest BCUT2D eigenvalue weighted by Crippen LogP contribution is 2.23. The Morgan fingerprint density at radius 3 is 2.76 bits per heavy atom. The second kappa shape index (κ2) is 4.94. The Labute approximate surface area is 104 Å². The number of amides is 1. The van der Waals surface area contributed by atoms with Gasteiger partial charge >= 0.3 is 0 Å². The molecule has 0 bridgehead atoms. The van der Waals surface area contributed by atoms with Gasteiger partial charge in [0.2, 0.25) is 5.91 Å². The van der Waals surface area contributed by atoms with E-state index >= 15 is 0 Å². The minimum Gasteiger partial charge on any atom is -0.337 e. The van der Waals surface area contributed by atoms with Crippen LogP contribution in [0.3, 0.4) is 0 Å². The van der Waals surface area contributed by atoms with Gasteiger partial charge in [-0.3, -0.25) is 4.79 Å². The van der Waals surface area contributed by atoms with Crippen molar-refractivity contribution in [1.29, 1.82) is 0 Å². The van der Waals surface area contributed by atoms with Crippen LogP contribution < -0.4 is 5.32 Å². The molecule has 1 amide bonds. The van der Waals surface area contributed by atoms with Gasteiger partial charge in [-0.15, -0.1) is 0 Å². The van der Waals surface area contributed by atoms with Gasteiger partial charge in [0.1, 0.15) is 0 Å². The second-order valence-corrected chi connectivity index (χ2v) is 5.83. The molecule has 2 rings (SSSR count). The smallest absolute Gasteiger partial charge is 0.242 e. The fourth-order valence-corrected chi connectivity index (χ4v) is 3.07. The number of rotatable bonds is 1. The van der Waals surface area contributed by atoms with E-state index in [9.17, 15) is 4.79 Å². The van der Waals surface area contributed by atoms with Crippen LogP contribution in [0.2, 0.25) is 0 Å². The van der Waals surface area contributed by atoms with E-state index in [0.29, 0.717) is 11.9 Å². The molecule has 2 atom stereocenters. The predicted octanol–water partition coefficient (Wildman–Crippen LogP) is 0.681. The average Bonchev–Trinajstić information content (AvgIpc) is 2.64. The molecular weight excluding hydrogens is 214 g/mol. The van der Waals surface area contributed by atoms with Crippen LogP contribution in [0.4, 0.5) is 0 Å². The third kappa shape index (κ3) is 2.63. The molecule has 2 unspecified atom stereocenters. The molecular formula is C13H25N3O. The first-order valence-corrected chi connectivity index (χ1v) is 6.77. The van der Waals surface area contributed by atoms with E-state index in [1.165, 1.54) is 0 Å². The minimum atomic E-state index is -0.308. The third-order valence-corrected chi connectivity index (χ3v) is 4.15. The summed E-state index contributed by atoms with van der Waals surface area (Å²) < 4.78 is 0. The van der Waals surface area contributed by atoms with Crippen LogP contribution >= 0.6 is 0 Å². The van der Waals surface area contributed by atoms with Crippen molar-refractivity contribution < 1.29 is 4.79 Å². The monoisotopic (exact) mass is 239 g/mol. The Bertz CT molecular complexity index is 286. The fraction of sp³-hybridized carbons (Fsp3) is 0.923. The van der Waals surface area contributed by atoms with Gasteiger partial charge in [0.05, 0.1) is 5.54 Å². The summed E-state index contributed by atoms with van der Waals surface area (Å²) in [6.07, 6.45) is 3.18. The van der Waals surface area contributed by atoms with Gasteiger partial charge in [0.15, 0.2) is 0 Å². The normalized spacial score (nSPS) is 35.9. The molecule has 2 fully saturated rings. The molecule has 4 nitrogen and oxygen atoms in total. The summed E-state index contributed by atoms with van der Waals surface area (Å²) in [5.41, 5.74) is -0.308. The maximum atomic E-state index is 12.6. The molecule has 2 heterocycles. The maximum absolute atomic E-state index is 12.6. The zero-order valence-corrected chi connectivity index (χ0v) is 11.3. The Morgan fingerprint density at radius 2 is 2.12 bits per heavy atom. The van der Waals surface area contributed by atoms with Gasteiger partial charge in [-0.25, -0.2) is 0 Å². The SMILES string of the molecule is CC1CN(C)CCCN1C(=O)C1(C)CCCN1. The first-order valence-electron chi connectivity index (χ1n) is 6.77. The van der Waals surface area contributed by atoms with Crippen molar-refractivity contribution in [3.63, 3.8) is 0 Å². The molecule has 0 saturated carbocycles. The summed E-state index contributed by atoms with van der Waals surface area (Å²) in [6, 6.07) is 0.328. The van der Waals surface area contributed by atoms with E-state index in [-0.39, 0.29) is 5.54 Å². The molecule has 1 N–H and O–H groups in total. The molecule has 17 heavy (non-hydrogen) atoms. The van der Waals surface area contributed by atoms with Crippen LogP contribution in [0.5, 0.6) is 0 Å². The highest BCUT2D eigenvalue weighted by atomic mass is 16.2. The van der Waals surface area contributed by atoms with Gasteiger partial charge in [0.25, 0.3) is 0 Å². The molecule has 0 aromatic carbocycles. The first kappa shape index (κ1) is 12.8. The predicted molar refractivity (Wildman–Crippen MR) is 68.9 cm³/mol. The summed E-state index contributed by atoms with van der Waals surface area (Å²) >= 11 is 0. The number of nitrogens with zero attached hydrogens (tertiary/aromatic N) is 2. The Morgan fingerprint density at radius 1 is 1.35 bits per heavy atom. The van der Waals surface area contributed by atoms with E-state index in [4.69, 9.17) is 0 Å². The second-order valence-electron chi connectivity index (χ2n) is 5.83. The Hall–Kier alpha value is -0.610. The van der Waals surface area contributed by atoms with Gasteiger partial charge in [-0.2, -0.15) is 0 Å². The lowest BCUT2D eigenvalue weighted by Gasteiger charge is -2.35. The summed E-state index contributed by atoms with van der Waals surface area (Å²) in [5, 5.41) is 3.38. The van der Waals surface area contributed by atoms with Crippen LogP contribution in [0, 0.1) is 0 Å². The Kier molecular flexibility index (Phi) is 3.73. The highest BCUT2D eigenvalue weighted by molar-refractivity contribution is 5.86. The van der Waals surface area contributed by atoms with Gasteiger partial charge in [-0.05, 0) is 53.2 Å². The van der Waals surface area contributed by atoms with Crippen molar-refractivity contribution in [2.45, 2.75) is 44.7 Å². The molecule has 0 aromatic heterocycles. The standard InChI is InChI=1S/C13H25N3O/c1-11-10-15(3)8-5-9-16(11)12(17)13(2)6-4-7-14-13/h11,14H,4-10H2,1-3H3. The van der Waals surface area contributed by atoms with Gasteiger partial charge in [0, 0.05) is 19.1 Å². The van der Waals surface area contributed by atoms with Crippen LogP contribution in [-0.4, -0.2) is 60.5 Å². The van der Waals surface area contributed by atoms with Crippen molar-refractivity contribution >= 4 is 5.91 Å². The molecule has 0 spiro atoms. The molecule has 2 aliphatic rings. The lowest BCUT2D eigenvalue weighted by Crippen LogP contribution is -2.56. The number of carbonyl (C=O) groups excluding carboxylic acids is 1. The molecule has 0 aromatic rings.